The van der Waals surface area contributed by atoms with E-state index in [1.807, 2.05) is 25.1 Å². The van der Waals surface area contributed by atoms with Crippen molar-refractivity contribution in [2.24, 2.45) is 0 Å². The van der Waals surface area contributed by atoms with Crippen LogP contribution < -0.4 is 5.69 Å². The highest BCUT2D eigenvalue weighted by Crippen LogP contribution is 2.04. The molecule has 0 amide bonds. The van der Waals surface area contributed by atoms with Crippen molar-refractivity contribution in [2.45, 2.75) is 13.5 Å². The van der Waals surface area contributed by atoms with Gasteiger partial charge in [0, 0.05) is 12.4 Å². The van der Waals surface area contributed by atoms with E-state index in [2.05, 4.69) is 11.1 Å². The van der Waals surface area contributed by atoms with Crippen LogP contribution in [0.3, 0.4) is 0 Å². The fourth-order valence-electron chi connectivity index (χ4n) is 1.51. The Morgan fingerprint density at radius 1 is 1.33 bits per heavy atom. The largest absolute Gasteiger partial charge is 0.347 e. The molecule has 0 radical (unpaired) electrons. The molecule has 76 valence electrons. The van der Waals surface area contributed by atoms with Gasteiger partial charge in [-0.15, -0.1) is 0 Å². The number of hydrogen-bond donors (Lipinski definition) is 0. The van der Waals surface area contributed by atoms with E-state index in [1.165, 1.54) is 11.8 Å². The standard InChI is InChI=1S/C12H12N2O/c1-10-4-2-5-11(8-10)9-14-7-3-6-13-12(14)15/h2-8H,9H2,1H3. The topological polar surface area (TPSA) is 34.9 Å². The van der Waals surface area contributed by atoms with Crippen LogP contribution in [0.4, 0.5) is 0 Å². The summed E-state index contributed by atoms with van der Waals surface area (Å²) in [5.74, 6) is 0. The molecule has 0 aliphatic rings. The third-order valence-electron chi connectivity index (χ3n) is 2.22. The number of rotatable bonds is 2. The molecule has 0 N–H and O–H groups in total. The highest BCUT2D eigenvalue weighted by molar-refractivity contribution is 5.22. The second-order valence-corrected chi connectivity index (χ2v) is 3.52. The van der Waals surface area contributed by atoms with E-state index < -0.39 is 0 Å². The zero-order valence-electron chi connectivity index (χ0n) is 8.55. The first-order valence-corrected chi connectivity index (χ1v) is 4.83. The summed E-state index contributed by atoms with van der Waals surface area (Å²) in [6.45, 7) is 2.61. The average Bonchev–Trinajstić information content (AvgIpc) is 2.22. The third-order valence-corrected chi connectivity index (χ3v) is 2.22. The van der Waals surface area contributed by atoms with Crippen LogP contribution in [0, 0.1) is 6.92 Å². The fraction of sp³-hybridized carbons (Fsp3) is 0.167. The lowest BCUT2D eigenvalue weighted by molar-refractivity contribution is 0.726. The van der Waals surface area contributed by atoms with Gasteiger partial charge in [-0.1, -0.05) is 29.8 Å². The van der Waals surface area contributed by atoms with Gasteiger partial charge >= 0.3 is 5.69 Å². The minimum atomic E-state index is -0.209. The zero-order valence-corrected chi connectivity index (χ0v) is 8.55. The number of nitrogens with zero attached hydrogens (tertiary/aromatic N) is 2. The maximum atomic E-state index is 11.4. The van der Waals surface area contributed by atoms with Gasteiger partial charge in [0.2, 0.25) is 0 Å². The Morgan fingerprint density at radius 3 is 2.93 bits per heavy atom. The van der Waals surface area contributed by atoms with Crippen LogP contribution in [0.1, 0.15) is 11.1 Å². The Kier molecular flexibility index (Phi) is 2.63. The van der Waals surface area contributed by atoms with Crippen LogP contribution in [0.15, 0.2) is 47.5 Å². The Morgan fingerprint density at radius 2 is 2.20 bits per heavy atom. The van der Waals surface area contributed by atoms with E-state index in [4.69, 9.17) is 0 Å². The molecule has 3 nitrogen and oxygen atoms in total. The first-order valence-electron chi connectivity index (χ1n) is 4.83. The molecule has 1 aromatic heterocycles. The lowest BCUT2D eigenvalue weighted by Gasteiger charge is -2.04. The lowest BCUT2D eigenvalue weighted by atomic mass is 10.1. The van der Waals surface area contributed by atoms with Gasteiger partial charge in [0.25, 0.3) is 0 Å². The Bertz CT molecular complexity index is 517. The lowest BCUT2D eigenvalue weighted by Crippen LogP contribution is -2.21. The van der Waals surface area contributed by atoms with Crippen LogP contribution in [-0.4, -0.2) is 9.55 Å². The summed E-state index contributed by atoms with van der Waals surface area (Å²) in [5, 5.41) is 0. The Hall–Kier alpha value is -1.90. The van der Waals surface area contributed by atoms with Gasteiger partial charge in [-0.3, -0.25) is 4.57 Å². The van der Waals surface area contributed by atoms with Crippen molar-refractivity contribution in [3.63, 3.8) is 0 Å². The molecule has 0 atom stereocenters. The maximum Gasteiger partial charge on any atom is 0.347 e. The number of benzene rings is 1. The SMILES string of the molecule is Cc1cccc(Cn2cccnc2=O)c1. The molecular weight excluding hydrogens is 188 g/mol. The van der Waals surface area contributed by atoms with Gasteiger partial charge in [0.05, 0.1) is 6.54 Å². The summed E-state index contributed by atoms with van der Waals surface area (Å²) in [6.07, 6.45) is 3.26. The molecular formula is C12H12N2O. The van der Waals surface area contributed by atoms with E-state index in [0.717, 1.165) is 5.56 Å². The molecule has 0 saturated heterocycles. The zero-order chi connectivity index (χ0) is 10.7. The van der Waals surface area contributed by atoms with Gasteiger partial charge in [0.1, 0.15) is 0 Å². The molecule has 0 spiro atoms. The number of aryl methyl sites for hydroxylation is 1. The van der Waals surface area contributed by atoms with Crippen molar-refractivity contribution < 1.29 is 0 Å². The molecule has 3 heteroatoms. The fourth-order valence-corrected chi connectivity index (χ4v) is 1.51. The quantitative estimate of drug-likeness (QED) is 0.738. The molecule has 0 saturated carbocycles. The molecule has 0 aliphatic carbocycles. The predicted octanol–water partition coefficient (Wildman–Crippen LogP) is 1.60. The van der Waals surface area contributed by atoms with E-state index in [0.29, 0.717) is 6.54 Å². The van der Waals surface area contributed by atoms with Crippen molar-refractivity contribution in [3.8, 4) is 0 Å². The van der Waals surface area contributed by atoms with E-state index >= 15 is 0 Å². The minimum absolute atomic E-state index is 0.209. The second-order valence-electron chi connectivity index (χ2n) is 3.52. The summed E-state index contributed by atoms with van der Waals surface area (Å²) in [5.41, 5.74) is 2.11. The third kappa shape index (κ3) is 2.31. The Balaban J connectivity index is 2.30. The van der Waals surface area contributed by atoms with Gasteiger partial charge in [-0.05, 0) is 18.6 Å². The second kappa shape index (κ2) is 4.09. The predicted molar refractivity (Wildman–Crippen MR) is 58.8 cm³/mol. The van der Waals surface area contributed by atoms with Crippen LogP contribution in [0.5, 0.6) is 0 Å². The average molecular weight is 200 g/mol. The van der Waals surface area contributed by atoms with E-state index in [1.54, 1.807) is 16.8 Å². The van der Waals surface area contributed by atoms with Crippen molar-refractivity contribution in [1.29, 1.82) is 0 Å². The van der Waals surface area contributed by atoms with Gasteiger partial charge < -0.3 is 0 Å². The van der Waals surface area contributed by atoms with Crippen LogP contribution >= 0.6 is 0 Å². The number of hydrogen-bond acceptors (Lipinski definition) is 2. The van der Waals surface area contributed by atoms with E-state index in [-0.39, 0.29) is 5.69 Å². The summed E-state index contributed by atoms with van der Waals surface area (Å²) >= 11 is 0. The minimum Gasteiger partial charge on any atom is -0.295 e. The van der Waals surface area contributed by atoms with Crippen LogP contribution in [-0.2, 0) is 6.54 Å². The summed E-state index contributed by atoms with van der Waals surface area (Å²) in [6, 6.07) is 9.87. The highest BCUT2D eigenvalue weighted by atomic mass is 16.1. The summed E-state index contributed by atoms with van der Waals surface area (Å²) < 4.78 is 1.59. The van der Waals surface area contributed by atoms with Crippen LogP contribution in [0.25, 0.3) is 0 Å². The van der Waals surface area contributed by atoms with Crippen LogP contribution in [0.2, 0.25) is 0 Å². The van der Waals surface area contributed by atoms with Crippen molar-refractivity contribution >= 4 is 0 Å². The first-order chi connectivity index (χ1) is 7.25. The van der Waals surface area contributed by atoms with Crippen molar-refractivity contribution in [3.05, 3.63) is 64.3 Å². The van der Waals surface area contributed by atoms with Gasteiger partial charge in [-0.2, -0.15) is 0 Å². The molecule has 0 fully saturated rings. The molecule has 1 heterocycles. The van der Waals surface area contributed by atoms with Gasteiger partial charge in [-0.25, -0.2) is 9.78 Å². The molecule has 0 bridgehead atoms. The normalized spacial score (nSPS) is 10.2. The van der Waals surface area contributed by atoms with Gasteiger partial charge in [0.15, 0.2) is 0 Å². The maximum absolute atomic E-state index is 11.4. The summed E-state index contributed by atoms with van der Waals surface area (Å²) in [7, 11) is 0. The number of aromatic nitrogens is 2. The monoisotopic (exact) mass is 200 g/mol. The molecule has 0 unspecified atom stereocenters. The summed E-state index contributed by atoms with van der Waals surface area (Å²) in [4.78, 5) is 15.1. The molecule has 2 aromatic rings. The smallest absolute Gasteiger partial charge is 0.295 e. The molecule has 0 aliphatic heterocycles. The molecule has 1 aromatic carbocycles. The van der Waals surface area contributed by atoms with E-state index in [9.17, 15) is 4.79 Å². The van der Waals surface area contributed by atoms with Crippen molar-refractivity contribution in [2.75, 3.05) is 0 Å². The van der Waals surface area contributed by atoms with Crippen molar-refractivity contribution in [1.82, 2.24) is 9.55 Å². The first kappa shape index (κ1) is 9.65. The Labute approximate surface area is 88.0 Å². The molecule has 15 heavy (non-hydrogen) atoms. The highest BCUT2D eigenvalue weighted by Gasteiger charge is 1.97. The molecule has 2 rings (SSSR count).